The zero-order chi connectivity index (χ0) is 9.10. The highest BCUT2D eigenvalue weighted by Gasteiger charge is 2.18. The van der Waals surface area contributed by atoms with Crippen molar-refractivity contribution in [1.82, 2.24) is 5.32 Å². The molecule has 0 saturated heterocycles. The fourth-order valence-corrected chi connectivity index (χ4v) is 1.88. The number of rotatable bonds is 2. The van der Waals surface area contributed by atoms with Crippen LogP contribution in [0.2, 0.25) is 0 Å². The Labute approximate surface area is 78.9 Å². The van der Waals surface area contributed by atoms with E-state index in [2.05, 4.69) is 29.6 Å². The number of benzene rings is 1. The van der Waals surface area contributed by atoms with E-state index in [0.717, 1.165) is 19.8 Å². The normalized spacial score (nSPS) is 21.2. The molecule has 1 atom stereocenters. The molecule has 0 radical (unpaired) electrons. The number of nitrogens with one attached hydrogen (secondary N) is 1. The van der Waals surface area contributed by atoms with Crippen molar-refractivity contribution < 1.29 is 4.74 Å². The zero-order valence-corrected chi connectivity index (χ0v) is 7.92. The van der Waals surface area contributed by atoms with Gasteiger partial charge in [0.25, 0.3) is 0 Å². The number of hydrogen-bond donors (Lipinski definition) is 1. The van der Waals surface area contributed by atoms with Crippen LogP contribution >= 0.6 is 0 Å². The van der Waals surface area contributed by atoms with Crippen molar-refractivity contribution in [2.45, 2.75) is 12.5 Å². The van der Waals surface area contributed by atoms with Crippen molar-refractivity contribution in [2.24, 2.45) is 0 Å². The van der Waals surface area contributed by atoms with E-state index in [1.54, 1.807) is 0 Å². The van der Waals surface area contributed by atoms with E-state index in [9.17, 15) is 0 Å². The summed E-state index contributed by atoms with van der Waals surface area (Å²) < 4.78 is 5.52. The maximum atomic E-state index is 5.52. The molecule has 0 saturated carbocycles. The van der Waals surface area contributed by atoms with Crippen LogP contribution in [0.15, 0.2) is 24.3 Å². The van der Waals surface area contributed by atoms with Crippen molar-refractivity contribution in [3.63, 3.8) is 0 Å². The molecule has 0 aliphatic carbocycles. The van der Waals surface area contributed by atoms with Crippen LogP contribution in [0, 0.1) is 0 Å². The summed E-state index contributed by atoms with van der Waals surface area (Å²) in [6.07, 6.45) is 0. The van der Waals surface area contributed by atoms with Gasteiger partial charge in [-0.3, -0.25) is 0 Å². The molecular weight excluding hydrogens is 162 g/mol. The zero-order valence-electron chi connectivity index (χ0n) is 7.92. The van der Waals surface area contributed by atoms with Crippen LogP contribution in [0.1, 0.15) is 17.0 Å². The molecule has 0 aromatic heterocycles. The fourth-order valence-electron chi connectivity index (χ4n) is 1.88. The summed E-state index contributed by atoms with van der Waals surface area (Å²) in [5, 5.41) is 3.20. The molecular formula is C11H15NO. The molecule has 1 aliphatic heterocycles. The quantitative estimate of drug-likeness (QED) is 0.739. The van der Waals surface area contributed by atoms with Gasteiger partial charge in [0, 0.05) is 12.5 Å². The molecule has 1 unspecified atom stereocenters. The smallest absolute Gasteiger partial charge is 0.0719 e. The van der Waals surface area contributed by atoms with Gasteiger partial charge in [-0.25, -0.2) is 0 Å². The van der Waals surface area contributed by atoms with Gasteiger partial charge in [0.05, 0.1) is 13.2 Å². The average Bonchev–Trinajstić information content (AvgIpc) is 2.19. The first-order chi connectivity index (χ1) is 6.42. The maximum absolute atomic E-state index is 5.52. The lowest BCUT2D eigenvalue weighted by Crippen LogP contribution is -2.25. The Morgan fingerprint density at radius 1 is 1.46 bits per heavy atom. The Hall–Kier alpha value is -0.860. The van der Waals surface area contributed by atoms with Gasteiger partial charge in [0.2, 0.25) is 0 Å². The maximum Gasteiger partial charge on any atom is 0.0719 e. The Bertz CT molecular complexity index is 285. The molecule has 1 aromatic carbocycles. The van der Waals surface area contributed by atoms with Crippen molar-refractivity contribution >= 4 is 0 Å². The van der Waals surface area contributed by atoms with Crippen molar-refractivity contribution in [1.29, 1.82) is 0 Å². The first kappa shape index (κ1) is 8.73. The number of ether oxygens (including phenoxy) is 1. The van der Waals surface area contributed by atoms with Crippen LogP contribution in [0.3, 0.4) is 0 Å². The van der Waals surface area contributed by atoms with Crippen LogP contribution in [0.25, 0.3) is 0 Å². The van der Waals surface area contributed by atoms with Gasteiger partial charge >= 0.3 is 0 Å². The number of likely N-dealkylation sites (N-methyl/N-ethyl adjacent to an activating group) is 1. The summed E-state index contributed by atoms with van der Waals surface area (Å²) in [6, 6.07) is 8.54. The van der Waals surface area contributed by atoms with Crippen molar-refractivity contribution in [3.05, 3.63) is 35.4 Å². The van der Waals surface area contributed by atoms with Gasteiger partial charge < -0.3 is 10.1 Å². The molecule has 0 fully saturated rings. The first-order valence-electron chi connectivity index (χ1n) is 4.72. The predicted octanol–water partition coefficient (Wildman–Crippen LogP) is 1.52. The minimum absolute atomic E-state index is 0.523. The molecule has 2 heteroatoms. The second-order valence-corrected chi connectivity index (χ2v) is 3.47. The lowest BCUT2D eigenvalue weighted by atomic mass is 9.93. The molecule has 70 valence electrons. The van der Waals surface area contributed by atoms with Crippen LogP contribution in [0.4, 0.5) is 0 Å². The van der Waals surface area contributed by atoms with Gasteiger partial charge in [-0.05, 0) is 18.2 Å². The van der Waals surface area contributed by atoms with Gasteiger partial charge in [0.1, 0.15) is 0 Å². The first-order valence-corrected chi connectivity index (χ1v) is 4.72. The van der Waals surface area contributed by atoms with Crippen molar-refractivity contribution in [3.8, 4) is 0 Å². The van der Waals surface area contributed by atoms with E-state index < -0.39 is 0 Å². The Kier molecular flexibility index (Phi) is 2.62. The molecule has 0 bridgehead atoms. The summed E-state index contributed by atoms with van der Waals surface area (Å²) in [5.74, 6) is 0.523. The summed E-state index contributed by atoms with van der Waals surface area (Å²) in [5.41, 5.74) is 2.79. The molecule has 1 heterocycles. The highest BCUT2D eigenvalue weighted by molar-refractivity contribution is 5.31. The van der Waals surface area contributed by atoms with Crippen LogP contribution < -0.4 is 5.32 Å². The Morgan fingerprint density at radius 3 is 3.15 bits per heavy atom. The third-order valence-electron chi connectivity index (χ3n) is 2.52. The SMILES string of the molecule is CNCC1COCc2ccccc21. The minimum Gasteiger partial charge on any atom is -0.376 e. The lowest BCUT2D eigenvalue weighted by molar-refractivity contribution is 0.0911. The minimum atomic E-state index is 0.523. The molecule has 0 amide bonds. The topological polar surface area (TPSA) is 21.3 Å². The third kappa shape index (κ3) is 1.74. The monoisotopic (exact) mass is 177 g/mol. The van der Waals surface area contributed by atoms with E-state index in [-0.39, 0.29) is 0 Å². The summed E-state index contributed by atoms with van der Waals surface area (Å²) >= 11 is 0. The standard InChI is InChI=1S/C11H15NO/c1-12-6-10-8-13-7-9-4-2-3-5-11(9)10/h2-5,10,12H,6-8H2,1H3. The molecule has 13 heavy (non-hydrogen) atoms. The summed E-state index contributed by atoms with van der Waals surface area (Å²) in [4.78, 5) is 0. The molecule has 1 aromatic rings. The number of hydrogen-bond acceptors (Lipinski definition) is 2. The van der Waals surface area contributed by atoms with Gasteiger partial charge in [-0.15, -0.1) is 0 Å². The molecule has 2 nitrogen and oxygen atoms in total. The molecule has 0 spiro atoms. The second kappa shape index (κ2) is 3.90. The Morgan fingerprint density at radius 2 is 2.31 bits per heavy atom. The largest absolute Gasteiger partial charge is 0.376 e. The average molecular weight is 177 g/mol. The summed E-state index contributed by atoms with van der Waals surface area (Å²) in [7, 11) is 1.98. The summed E-state index contributed by atoms with van der Waals surface area (Å²) in [6.45, 7) is 2.62. The van der Waals surface area contributed by atoms with Crippen molar-refractivity contribution in [2.75, 3.05) is 20.2 Å². The lowest BCUT2D eigenvalue weighted by Gasteiger charge is -2.25. The highest BCUT2D eigenvalue weighted by atomic mass is 16.5. The molecule has 1 aliphatic rings. The predicted molar refractivity (Wildman–Crippen MR) is 52.8 cm³/mol. The van der Waals surface area contributed by atoms with E-state index in [1.165, 1.54) is 11.1 Å². The second-order valence-electron chi connectivity index (χ2n) is 3.47. The van der Waals surface area contributed by atoms with E-state index in [4.69, 9.17) is 4.74 Å². The highest BCUT2D eigenvalue weighted by Crippen LogP contribution is 2.25. The van der Waals surface area contributed by atoms with Gasteiger partial charge in [0.15, 0.2) is 0 Å². The molecule has 2 rings (SSSR count). The van der Waals surface area contributed by atoms with Crippen LogP contribution in [-0.2, 0) is 11.3 Å². The fraction of sp³-hybridized carbons (Fsp3) is 0.455. The molecule has 1 N–H and O–H groups in total. The van der Waals surface area contributed by atoms with Crippen LogP contribution in [-0.4, -0.2) is 20.2 Å². The number of fused-ring (bicyclic) bond motifs is 1. The van der Waals surface area contributed by atoms with E-state index >= 15 is 0 Å². The van der Waals surface area contributed by atoms with E-state index in [0.29, 0.717) is 5.92 Å². The van der Waals surface area contributed by atoms with Crippen LogP contribution in [0.5, 0.6) is 0 Å². The Balaban J connectivity index is 2.26. The van der Waals surface area contributed by atoms with E-state index in [1.807, 2.05) is 7.05 Å². The van der Waals surface area contributed by atoms with Gasteiger partial charge in [-0.1, -0.05) is 24.3 Å². The van der Waals surface area contributed by atoms with Gasteiger partial charge in [-0.2, -0.15) is 0 Å². The third-order valence-corrected chi connectivity index (χ3v) is 2.52.